The Morgan fingerprint density at radius 1 is 1.29 bits per heavy atom. The highest BCUT2D eigenvalue weighted by atomic mass is 32.1. The highest BCUT2D eigenvalue weighted by Gasteiger charge is 2.31. The number of nitrogens with zero attached hydrogens (tertiary/aromatic N) is 1. The molecule has 2 atom stereocenters. The molecule has 1 amide bonds. The van der Waals surface area contributed by atoms with Crippen LogP contribution in [0.5, 0.6) is 0 Å². The third kappa shape index (κ3) is 3.17. The normalized spacial score (nSPS) is 19.7. The second kappa shape index (κ2) is 6.41. The van der Waals surface area contributed by atoms with Gasteiger partial charge in [0.2, 0.25) is 5.91 Å². The lowest BCUT2D eigenvalue weighted by atomic mass is 10.0. The zero-order chi connectivity index (χ0) is 14.7. The SMILES string of the molecule is NC(CC(=O)N1CCCC1c1cccs1)c1ccccc1. The van der Waals surface area contributed by atoms with E-state index in [4.69, 9.17) is 5.73 Å². The number of carbonyl (C=O) groups is 1. The molecule has 1 aromatic heterocycles. The highest BCUT2D eigenvalue weighted by Crippen LogP contribution is 2.35. The van der Waals surface area contributed by atoms with Crippen molar-refractivity contribution in [2.45, 2.75) is 31.3 Å². The van der Waals surface area contributed by atoms with Crippen LogP contribution in [-0.4, -0.2) is 17.4 Å². The third-order valence-corrected chi connectivity index (χ3v) is 5.04. The Morgan fingerprint density at radius 2 is 2.10 bits per heavy atom. The number of amides is 1. The zero-order valence-corrected chi connectivity index (χ0v) is 12.8. The van der Waals surface area contributed by atoms with Gasteiger partial charge in [-0.1, -0.05) is 36.4 Å². The summed E-state index contributed by atoms with van der Waals surface area (Å²) < 4.78 is 0. The van der Waals surface area contributed by atoms with E-state index in [2.05, 4.69) is 17.5 Å². The number of carbonyl (C=O) groups excluding carboxylic acids is 1. The van der Waals surface area contributed by atoms with Crippen LogP contribution < -0.4 is 5.73 Å². The van der Waals surface area contributed by atoms with Crippen molar-refractivity contribution in [2.75, 3.05) is 6.54 Å². The summed E-state index contributed by atoms with van der Waals surface area (Å²) in [6.07, 6.45) is 2.52. The Morgan fingerprint density at radius 3 is 2.81 bits per heavy atom. The van der Waals surface area contributed by atoms with E-state index in [1.807, 2.05) is 35.2 Å². The number of hydrogen-bond acceptors (Lipinski definition) is 3. The molecule has 3 rings (SSSR count). The quantitative estimate of drug-likeness (QED) is 0.939. The molecular weight excluding hydrogens is 280 g/mol. The Bertz CT molecular complexity index is 582. The average molecular weight is 300 g/mol. The second-order valence-electron chi connectivity index (χ2n) is 5.48. The summed E-state index contributed by atoms with van der Waals surface area (Å²) >= 11 is 1.73. The fraction of sp³-hybridized carbons (Fsp3) is 0.353. The van der Waals surface area contributed by atoms with Crippen molar-refractivity contribution in [2.24, 2.45) is 5.73 Å². The van der Waals surface area contributed by atoms with Crippen LogP contribution in [0.15, 0.2) is 47.8 Å². The predicted molar refractivity (Wildman–Crippen MR) is 86.0 cm³/mol. The van der Waals surface area contributed by atoms with Crippen molar-refractivity contribution >= 4 is 17.2 Å². The van der Waals surface area contributed by atoms with Crippen molar-refractivity contribution < 1.29 is 4.79 Å². The molecule has 110 valence electrons. The molecule has 0 spiro atoms. The monoisotopic (exact) mass is 300 g/mol. The first-order valence-electron chi connectivity index (χ1n) is 7.39. The van der Waals surface area contributed by atoms with Gasteiger partial charge in [0.25, 0.3) is 0 Å². The lowest BCUT2D eigenvalue weighted by Crippen LogP contribution is -2.32. The van der Waals surface area contributed by atoms with Gasteiger partial charge >= 0.3 is 0 Å². The minimum atomic E-state index is -0.219. The van der Waals surface area contributed by atoms with Crippen LogP contribution in [0, 0.1) is 0 Å². The van der Waals surface area contributed by atoms with Crippen LogP contribution in [0.25, 0.3) is 0 Å². The molecule has 1 aliphatic heterocycles. The van der Waals surface area contributed by atoms with Crippen molar-refractivity contribution in [3.8, 4) is 0 Å². The van der Waals surface area contributed by atoms with E-state index in [0.29, 0.717) is 6.42 Å². The molecule has 1 aromatic carbocycles. The van der Waals surface area contributed by atoms with Gasteiger partial charge in [-0.2, -0.15) is 0 Å². The fourth-order valence-corrected chi connectivity index (χ4v) is 3.84. The Hall–Kier alpha value is -1.65. The van der Waals surface area contributed by atoms with E-state index in [0.717, 1.165) is 24.9 Å². The predicted octanol–water partition coefficient (Wildman–Crippen LogP) is 3.50. The smallest absolute Gasteiger partial charge is 0.225 e. The molecule has 1 fully saturated rings. The van der Waals surface area contributed by atoms with Gasteiger partial charge in [0.1, 0.15) is 0 Å². The fourth-order valence-electron chi connectivity index (χ4n) is 2.97. The average Bonchev–Trinajstić information content (AvgIpc) is 3.18. The molecule has 4 heteroatoms. The summed E-state index contributed by atoms with van der Waals surface area (Å²) in [5.41, 5.74) is 7.21. The number of nitrogens with two attached hydrogens (primary N) is 1. The molecule has 2 heterocycles. The van der Waals surface area contributed by atoms with Gasteiger partial charge in [0.05, 0.1) is 6.04 Å². The number of hydrogen-bond donors (Lipinski definition) is 1. The molecule has 1 aliphatic rings. The minimum absolute atomic E-state index is 0.169. The van der Waals surface area contributed by atoms with E-state index in [-0.39, 0.29) is 18.0 Å². The van der Waals surface area contributed by atoms with Crippen LogP contribution in [0.1, 0.15) is 41.8 Å². The minimum Gasteiger partial charge on any atom is -0.335 e. The third-order valence-electron chi connectivity index (χ3n) is 4.07. The van der Waals surface area contributed by atoms with E-state index in [1.165, 1.54) is 4.88 Å². The molecule has 1 saturated heterocycles. The van der Waals surface area contributed by atoms with Crippen molar-refractivity contribution in [3.63, 3.8) is 0 Å². The first-order chi connectivity index (χ1) is 10.3. The Kier molecular flexibility index (Phi) is 4.36. The maximum Gasteiger partial charge on any atom is 0.225 e. The van der Waals surface area contributed by atoms with Gasteiger partial charge in [0.15, 0.2) is 0 Å². The van der Waals surface area contributed by atoms with E-state index in [1.54, 1.807) is 11.3 Å². The molecule has 0 saturated carbocycles. The van der Waals surface area contributed by atoms with Crippen LogP contribution in [0.2, 0.25) is 0 Å². The van der Waals surface area contributed by atoms with E-state index < -0.39 is 0 Å². The molecule has 0 radical (unpaired) electrons. The molecular formula is C17H20N2OS. The lowest BCUT2D eigenvalue weighted by Gasteiger charge is -2.25. The van der Waals surface area contributed by atoms with Crippen LogP contribution in [0.3, 0.4) is 0 Å². The summed E-state index contributed by atoms with van der Waals surface area (Å²) in [6.45, 7) is 0.850. The standard InChI is InChI=1S/C17H20N2OS/c18-14(13-6-2-1-3-7-13)12-17(20)19-10-4-8-15(19)16-9-5-11-21-16/h1-3,5-7,9,11,14-15H,4,8,10,12,18H2. The number of thiophene rings is 1. The van der Waals surface area contributed by atoms with Gasteiger partial charge in [0, 0.05) is 23.9 Å². The van der Waals surface area contributed by atoms with Gasteiger partial charge in [-0.05, 0) is 29.9 Å². The maximum absolute atomic E-state index is 12.6. The number of rotatable bonds is 4. The molecule has 2 aromatic rings. The summed E-state index contributed by atoms with van der Waals surface area (Å²) in [6, 6.07) is 14.1. The largest absolute Gasteiger partial charge is 0.335 e. The molecule has 2 unspecified atom stereocenters. The summed E-state index contributed by atoms with van der Waals surface area (Å²) in [5, 5.41) is 2.08. The molecule has 0 bridgehead atoms. The topological polar surface area (TPSA) is 46.3 Å². The summed E-state index contributed by atoms with van der Waals surface area (Å²) in [4.78, 5) is 15.9. The number of likely N-dealkylation sites (tertiary alicyclic amines) is 1. The van der Waals surface area contributed by atoms with E-state index >= 15 is 0 Å². The van der Waals surface area contributed by atoms with Crippen LogP contribution in [-0.2, 0) is 4.79 Å². The van der Waals surface area contributed by atoms with Crippen LogP contribution in [0.4, 0.5) is 0 Å². The van der Waals surface area contributed by atoms with E-state index in [9.17, 15) is 4.79 Å². The van der Waals surface area contributed by atoms with Gasteiger partial charge in [-0.25, -0.2) is 0 Å². The first-order valence-corrected chi connectivity index (χ1v) is 8.27. The summed E-state index contributed by atoms with van der Waals surface area (Å²) in [7, 11) is 0. The van der Waals surface area contributed by atoms with Gasteiger partial charge < -0.3 is 10.6 Å². The van der Waals surface area contributed by atoms with Gasteiger partial charge in [-0.15, -0.1) is 11.3 Å². The zero-order valence-electron chi connectivity index (χ0n) is 11.9. The van der Waals surface area contributed by atoms with Gasteiger partial charge in [-0.3, -0.25) is 4.79 Å². The lowest BCUT2D eigenvalue weighted by molar-refractivity contribution is -0.132. The maximum atomic E-state index is 12.6. The van der Waals surface area contributed by atoms with Crippen molar-refractivity contribution in [3.05, 3.63) is 58.3 Å². The molecule has 3 nitrogen and oxygen atoms in total. The van der Waals surface area contributed by atoms with Crippen molar-refractivity contribution in [1.29, 1.82) is 0 Å². The summed E-state index contributed by atoms with van der Waals surface area (Å²) in [5.74, 6) is 0.169. The molecule has 2 N–H and O–H groups in total. The molecule has 0 aliphatic carbocycles. The van der Waals surface area contributed by atoms with Crippen molar-refractivity contribution in [1.82, 2.24) is 4.90 Å². The second-order valence-corrected chi connectivity index (χ2v) is 6.46. The molecule has 21 heavy (non-hydrogen) atoms. The Labute approximate surface area is 129 Å². The first kappa shape index (κ1) is 14.3. The van der Waals surface area contributed by atoms with Crippen LogP contribution >= 0.6 is 11.3 Å². The number of benzene rings is 1. The Balaban J connectivity index is 1.67. The highest BCUT2D eigenvalue weighted by molar-refractivity contribution is 7.10.